The standard InChI is InChI=1S/C23H25BrF2N6O3Si.C17H11BrF2N6O2/c1-36(2,3)10-9-34-14-32-20(16-11-15(24)5-6-19(16)35-23(25)26)18(13-29-32)30-22(33)17-12-28-31-8-4-7-27-21(17)31;18-9-2-3-13(28-17(19)20)10(6-9)14-12(8-22-25-14)24-16(27)11-7-23-26-5-1-4-21-15(11)26/h4-8,11-13,23H,9-10,14H2,1-3H3,(H,30,33);1-8,17H,(H,22,25)(H,24,27). The molecule has 8 aromatic rings. The van der Waals surface area contributed by atoms with E-state index in [-0.39, 0.29) is 46.3 Å². The summed E-state index contributed by atoms with van der Waals surface area (Å²) < 4.78 is 72.8. The first-order valence-corrected chi connectivity index (χ1v) is 24.3. The van der Waals surface area contributed by atoms with E-state index in [9.17, 15) is 27.2 Å². The van der Waals surface area contributed by atoms with Gasteiger partial charge in [-0.05, 0) is 54.6 Å². The molecular weight excluding hydrogens is 992 g/mol. The molecule has 2 amide bonds. The fraction of sp³-hybridized carbons (Fsp3) is 0.200. The van der Waals surface area contributed by atoms with Gasteiger partial charge in [0.25, 0.3) is 11.8 Å². The van der Waals surface area contributed by atoms with Crippen LogP contribution in [0.4, 0.5) is 28.9 Å². The molecule has 17 nitrogen and oxygen atoms in total. The summed E-state index contributed by atoms with van der Waals surface area (Å²) in [6, 6.07) is 13.5. The van der Waals surface area contributed by atoms with E-state index in [2.05, 4.69) is 102 Å². The molecule has 0 saturated heterocycles. The Bertz CT molecular complexity index is 2920. The first-order valence-electron chi connectivity index (χ1n) is 19.0. The molecule has 0 atom stereocenters. The van der Waals surface area contributed by atoms with E-state index >= 15 is 0 Å². The van der Waals surface area contributed by atoms with Crippen LogP contribution in [-0.4, -0.2) is 88.9 Å². The minimum Gasteiger partial charge on any atom is -0.434 e. The van der Waals surface area contributed by atoms with Crippen LogP contribution in [0.25, 0.3) is 33.8 Å². The normalized spacial score (nSPS) is 11.5. The molecule has 2 aromatic carbocycles. The van der Waals surface area contributed by atoms with Gasteiger partial charge in [-0.2, -0.15) is 38.0 Å². The fourth-order valence-corrected chi connectivity index (χ4v) is 7.58. The number of aromatic amines is 1. The molecule has 24 heteroatoms. The Hall–Kier alpha value is -6.50. The minimum atomic E-state index is -3.03. The van der Waals surface area contributed by atoms with Gasteiger partial charge >= 0.3 is 13.2 Å². The lowest BCUT2D eigenvalue weighted by Gasteiger charge is -2.17. The molecule has 0 aliphatic rings. The lowest BCUT2D eigenvalue weighted by atomic mass is 10.1. The highest BCUT2D eigenvalue weighted by Crippen LogP contribution is 2.39. The maximum absolute atomic E-state index is 13.2. The minimum absolute atomic E-state index is 0.0641. The second-order valence-corrected chi connectivity index (χ2v) is 22.2. The highest BCUT2D eigenvalue weighted by Gasteiger charge is 2.24. The molecule has 0 bridgehead atoms. The molecule has 0 unspecified atom stereocenters. The van der Waals surface area contributed by atoms with Crippen molar-refractivity contribution in [1.29, 1.82) is 0 Å². The summed E-state index contributed by atoms with van der Waals surface area (Å²) in [5.74, 6) is -1.08. The quantitative estimate of drug-likeness (QED) is 0.0504. The van der Waals surface area contributed by atoms with E-state index in [4.69, 9.17) is 9.47 Å². The van der Waals surface area contributed by atoms with Gasteiger partial charge in [0.15, 0.2) is 11.3 Å². The molecule has 64 heavy (non-hydrogen) atoms. The SMILES string of the molecule is C[Si](C)(C)CCOCn1ncc(NC(=O)c2cnn3cccnc23)c1-c1cc(Br)ccc1OC(F)F.O=C(Nc1c[nH]nc1-c1cc(Br)ccc1OC(F)F)c1cnn2cccnc12. The van der Waals surface area contributed by atoms with Crippen molar-refractivity contribution >= 4 is 74.4 Å². The predicted molar refractivity (Wildman–Crippen MR) is 236 cm³/mol. The second-order valence-electron chi connectivity index (χ2n) is 14.7. The lowest BCUT2D eigenvalue weighted by molar-refractivity contribution is -0.0501. The molecule has 0 spiro atoms. The van der Waals surface area contributed by atoms with Crippen LogP contribution in [0.5, 0.6) is 11.5 Å². The number of hydrogen-bond donors (Lipinski definition) is 3. The van der Waals surface area contributed by atoms with Crippen LogP contribution in [0, 0.1) is 0 Å². The largest absolute Gasteiger partial charge is 0.434 e. The Labute approximate surface area is 378 Å². The number of halogens is 6. The molecule has 0 fully saturated rings. The second kappa shape index (κ2) is 19.9. The third kappa shape index (κ3) is 11.0. The van der Waals surface area contributed by atoms with Gasteiger partial charge in [-0.1, -0.05) is 51.5 Å². The number of hydrogen-bond acceptors (Lipinski definition) is 11. The van der Waals surface area contributed by atoms with E-state index in [0.29, 0.717) is 43.8 Å². The Morgan fingerprint density at radius 3 is 1.88 bits per heavy atom. The fourth-order valence-electron chi connectivity index (χ4n) is 6.10. The number of ether oxygens (including phenoxy) is 3. The van der Waals surface area contributed by atoms with Gasteiger partial charge in [0, 0.05) is 65.7 Å². The van der Waals surface area contributed by atoms with Crippen molar-refractivity contribution in [3.8, 4) is 34.0 Å². The van der Waals surface area contributed by atoms with Crippen molar-refractivity contribution in [3.63, 3.8) is 0 Å². The average Bonchev–Trinajstić information content (AvgIpc) is 4.07. The molecule has 6 heterocycles. The monoisotopic (exact) mass is 1030 g/mol. The molecule has 332 valence electrons. The molecule has 6 aromatic heterocycles. The van der Waals surface area contributed by atoms with Gasteiger partial charge < -0.3 is 24.8 Å². The van der Waals surface area contributed by atoms with Crippen molar-refractivity contribution in [1.82, 2.24) is 49.2 Å². The van der Waals surface area contributed by atoms with Crippen LogP contribution in [-0.2, 0) is 11.5 Å². The summed E-state index contributed by atoms with van der Waals surface area (Å²) in [6.07, 6.45) is 12.1. The number of carbonyl (C=O) groups is 2. The van der Waals surface area contributed by atoms with Crippen LogP contribution in [0.15, 0.2) is 107 Å². The van der Waals surface area contributed by atoms with E-state index in [1.165, 1.54) is 50.6 Å². The number of nitrogens with one attached hydrogen (secondary N) is 3. The predicted octanol–water partition coefficient (Wildman–Crippen LogP) is 9.26. The molecule has 0 radical (unpaired) electrons. The number of anilines is 2. The number of benzene rings is 2. The van der Waals surface area contributed by atoms with Gasteiger partial charge in [0.2, 0.25) is 0 Å². The number of fused-ring (bicyclic) bond motifs is 2. The number of rotatable bonds is 15. The highest BCUT2D eigenvalue weighted by molar-refractivity contribution is 9.10. The third-order valence-electron chi connectivity index (χ3n) is 9.06. The van der Waals surface area contributed by atoms with E-state index < -0.39 is 33.1 Å². The first kappa shape index (κ1) is 45.5. The molecule has 0 aliphatic carbocycles. The van der Waals surface area contributed by atoms with Gasteiger partial charge in [0.05, 0.1) is 35.7 Å². The van der Waals surface area contributed by atoms with Crippen molar-refractivity contribution in [3.05, 3.63) is 118 Å². The first-order chi connectivity index (χ1) is 30.6. The third-order valence-corrected chi connectivity index (χ3v) is 11.8. The summed E-state index contributed by atoms with van der Waals surface area (Å²) >= 11 is 6.68. The molecule has 3 N–H and O–H groups in total. The van der Waals surface area contributed by atoms with Gasteiger partial charge in [0.1, 0.15) is 35.1 Å². The van der Waals surface area contributed by atoms with Gasteiger partial charge in [-0.25, -0.2) is 23.7 Å². The molecular formula is C40H36Br2F4N12O5Si. The highest BCUT2D eigenvalue weighted by atomic mass is 79.9. The van der Waals surface area contributed by atoms with E-state index in [1.54, 1.807) is 61.2 Å². The average molecular weight is 1030 g/mol. The van der Waals surface area contributed by atoms with Crippen LogP contribution in [0.3, 0.4) is 0 Å². The van der Waals surface area contributed by atoms with Crippen LogP contribution in [0.2, 0.25) is 25.7 Å². The lowest BCUT2D eigenvalue weighted by Crippen LogP contribution is -2.22. The summed E-state index contributed by atoms with van der Waals surface area (Å²) in [4.78, 5) is 34.2. The molecule has 0 aliphatic heterocycles. The Balaban J connectivity index is 0.000000197. The number of amides is 2. The summed E-state index contributed by atoms with van der Waals surface area (Å²) in [6.45, 7) is 1.30. The topological polar surface area (TPSA) is 193 Å². The Kier molecular flexibility index (Phi) is 14.2. The zero-order chi connectivity index (χ0) is 45.5. The number of alkyl halides is 4. The number of nitrogens with zero attached hydrogens (tertiary/aromatic N) is 9. The Morgan fingerprint density at radius 1 is 0.766 bits per heavy atom. The number of carbonyl (C=O) groups excluding carboxylic acids is 2. The van der Waals surface area contributed by atoms with Crippen molar-refractivity contribution < 1.29 is 41.4 Å². The van der Waals surface area contributed by atoms with Crippen LogP contribution in [0.1, 0.15) is 20.7 Å². The van der Waals surface area contributed by atoms with E-state index in [1.807, 2.05) is 0 Å². The van der Waals surface area contributed by atoms with Crippen molar-refractivity contribution in [2.75, 3.05) is 17.2 Å². The number of H-pyrrole nitrogens is 1. The van der Waals surface area contributed by atoms with Crippen LogP contribution < -0.4 is 20.1 Å². The van der Waals surface area contributed by atoms with Gasteiger partial charge in [-0.3, -0.25) is 14.7 Å². The van der Waals surface area contributed by atoms with Crippen molar-refractivity contribution in [2.45, 2.75) is 45.6 Å². The maximum atomic E-state index is 13.2. The van der Waals surface area contributed by atoms with Crippen LogP contribution >= 0.6 is 31.9 Å². The molecule has 0 saturated carbocycles. The Morgan fingerprint density at radius 2 is 1.31 bits per heavy atom. The zero-order valence-corrected chi connectivity index (χ0v) is 38.0. The maximum Gasteiger partial charge on any atom is 0.387 e. The summed E-state index contributed by atoms with van der Waals surface area (Å²) in [5.41, 5.74) is 3.04. The number of aromatic nitrogens is 10. The van der Waals surface area contributed by atoms with Gasteiger partial charge in [-0.15, -0.1) is 0 Å². The molecule has 8 rings (SSSR count). The van der Waals surface area contributed by atoms with E-state index in [0.717, 1.165) is 6.04 Å². The van der Waals surface area contributed by atoms with Crippen molar-refractivity contribution in [2.24, 2.45) is 0 Å². The zero-order valence-electron chi connectivity index (χ0n) is 33.8. The summed E-state index contributed by atoms with van der Waals surface area (Å²) in [7, 11) is -1.31. The summed E-state index contributed by atoms with van der Waals surface area (Å²) in [5, 5.41) is 24.8. The smallest absolute Gasteiger partial charge is 0.387 e.